The number of nitrogens with zero attached hydrogens (tertiary/aromatic N) is 2. The third kappa shape index (κ3) is 2.98. The molecule has 112 valence electrons. The van der Waals surface area contributed by atoms with Crippen molar-refractivity contribution in [3.63, 3.8) is 0 Å². The molecule has 0 spiro atoms. The fourth-order valence-electron chi connectivity index (χ4n) is 1.74. The molecule has 0 aliphatic heterocycles. The minimum absolute atomic E-state index is 0.00743. The number of ether oxygens (including phenoxy) is 2. The SMILES string of the molecule is COc1cc(OC)nc(C(O)c2c(Cl)ccc(F)c2N)n1. The first kappa shape index (κ1) is 15.3. The van der Waals surface area contributed by atoms with Gasteiger partial charge in [-0.05, 0) is 12.1 Å². The van der Waals surface area contributed by atoms with Gasteiger partial charge in [0, 0.05) is 10.6 Å². The van der Waals surface area contributed by atoms with Gasteiger partial charge in [-0.2, -0.15) is 9.97 Å². The highest BCUT2D eigenvalue weighted by atomic mass is 35.5. The summed E-state index contributed by atoms with van der Waals surface area (Å²) in [6.07, 6.45) is -1.42. The zero-order valence-electron chi connectivity index (χ0n) is 11.3. The van der Waals surface area contributed by atoms with Gasteiger partial charge in [0.15, 0.2) is 5.82 Å². The van der Waals surface area contributed by atoms with Crippen molar-refractivity contribution in [1.82, 2.24) is 9.97 Å². The third-order valence-corrected chi connectivity index (χ3v) is 3.14. The minimum Gasteiger partial charge on any atom is -0.481 e. The molecule has 1 aromatic carbocycles. The first-order valence-electron chi connectivity index (χ1n) is 5.86. The van der Waals surface area contributed by atoms with Crippen LogP contribution in [0.3, 0.4) is 0 Å². The van der Waals surface area contributed by atoms with Gasteiger partial charge in [-0.15, -0.1) is 0 Å². The second-order valence-corrected chi connectivity index (χ2v) is 4.48. The monoisotopic (exact) mass is 313 g/mol. The largest absolute Gasteiger partial charge is 0.481 e. The minimum atomic E-state index is -1.42. The molecule has 0 fully saturated rings. The van der Waals surface area contributed by atoms with Crippen LogP contribution in [0, 0.1) is 5.82 Å². The van der Waals surface area contributed by atoms with Crippen molar-refractivity contribution < 1.29 is 19.0 Å². The molecule has 1 aromatic heterocycles. The van der Waals surface area contributed by atoms with Gasteiger partial charge in [0.1, 0.15) is 11.9 Å². The van der Waals surface area contributed by atoms with Gasteiger partial charge in [0.25, 0.3) is 0 Å². The first-order valence-corrected chi connectivity index (χ1v) is 6.24. The number of halogens is 2. The lowest BCUT2D eigenvalue weighted by Crippen LogP contribution is -2.11. The van der Waals surface area contributed by atoms with Gasteiger partial charge >= 0.3 is 0 Å². The number of hydrogen-bond donors (Lipinski definition) is 2. The molecule has 0 aliphatic rings. The van der Waals surface area contributed by atoms with Crippen molar-refractivity contribution in [2.45, 2.75) is 6.10 Å². The smallest absolute Gasteiger partial charge is 0.220 e. The van der Waals surface area contributed by atoms with Crippen LogP contribution < -0.4 is 15.2 Å². The molecule has 1 unspecified atom stereocenters. The summed E-state index contributed by atoms with van der Waals surface area (Å²) in [4.78, 5) is 7.98. The number of nitrogen functional groups attached to an aromatic ring is 1. The van der Waals surface area contributed by atoms with Crippen molar-refractivity contribution in [2.24, 2.45) is 0 Å². The maximum atomic E-state index is 13.5. The average molecular weight is 314 g/mol. The normalized spacial score (nSPS) is 12.0. The van der Waals surface area contributed by atoms with Crippen molar-refractivity contribution in [1.29, 1.82) is 0 Å². The summed E-state index contributed by atoms with van der Waals surface area (Å²) in [5, 5.41) is 10.5. The lowest BCUT2D eigenvalue weighted by Gasteiger charge is -2.15. The lowest BCUT2D eigenvalue weighted by molar-refractivity contribution is 0.206. The van der Waals surface area contributed by atoms with Crippen LogP contribution >= 0.6 is 11.6 Å². The van der Waals surface area contributed by atoms with E-state index in [-0.39, 0.29) is 33.9 Å². The summed E-state index contributed by atoms with van der Waals surface area (Å²) in [7, 11) is 2.81. The standard InChI is InChI=1S/C13H13ClFN3O3/c1-20-8-5-9(21-2)18-13(17-8)12(19)10-6(14)3-4-7(15)11(10)16/h3-5,12,19H,16H2,1-2H3. The predicted molar refractivity (Wildman–Crippen MR) is 75.0 cm³/mol. The van der Waals surface area contributed by atoms with Crippen LogP contribution in [-0.2, 0) is 0 Å². The van der Waals surface area contributed by atoms with E-state index in [0.717, 1.165) is 6.07 Å². The van der Waals surface area contributed by atoms with Crippen LogP contribution in [-0.4, -0.2) is 29.3 Å². The molecule has 2 aromatic rings. The molecule has 0 aliphatic carbocycles. The van der Waals surface area contributed by atoms with E-state index in [1.165, 1.54) is 26.4 Å². The van der Waals surface area contributed by atoms with Crippen molar-refractivity contribution >= 4 is 17.3 Å². The molecule has 0 saturated carbocycles. The van der Waals surface area contributed by atoms with E-state index in [1.807, 2.05) is 0 Å². The van der Waals surface area contributed by atoms with Crippen molar-refractivity contribution in [3.8, 4) is 11.8 Å². The van der Waals surface area contributed by atoms with E-state index >= 15 is 0 Å². The highest BCUT2D eigenvalue weighted by Gasteiger charge is 2.23. The van der Waals surface area contributed by atoms with Crippen LogP contribution in [0.25, 0.3) is 0 Å². The van der Waals surface area contributed by atoms with Crippen LogP contribution in [0.4, 0.5) is 10.1 Å². The summed E-state index contributed by atoms with van der Waals surface area (Å²) in [5.74, 6) is -0.391. The summed E-state index contributed by atoms with van der Waals surface area (Å²) in [6, 6.07) is 3.84. The van der Waals surface area contributed by atoms with E-state index in [4.69, 9.17) is 26.8 Å². The Morgan fingerprint density at radius 1 is 1.24 bits per heavy atom. The Hall–Kier alpha value is -2.12. The van der Waals surface area contributed by atoms with Crippen LogP contribution in [0.2, 0.25) is 5.02 Å². The Labute approximate surface area is 125 Å². The third-order valence-electron chi connectivity index (χ3n) is 2.81. The Bertz CT molecular complexity index is 647. The molecular weight excluding hydrogens is 301 g/mol. The zero-order valence-corrected chi connectivity index (χ0v) is 12.1. The number of nitrogens with two attached hydrogens (primary N) is 1. The van der Waals surface area contributed by atoms with Crippen LogP contribution in [0.5, 0.6) is 11.8 Å². The van der Waals surface area contributed by atoms with Crippen LogP contribution in [0.1, 0.15) is 17.5 Å². The van der Waals surface area contributed by atoms with Gasteiger partial charge in [-0.1, -0.05) is 11.6 Å². The Kier molecular flexibility index (Phi) is 4.44. The molecule has 0 radical (unpaired) electrons. The van der Waals surface area contributed by atoms with Gasteiger partial charge in [-0.25, -0.2) is 4.39 Å². The van der Waals surface area contributed by atoms with Gasteiger partial charge in [0.05, 0.1) is 26.0 Å². The molecule has 0 amide bonds. The molecule has 0 saturated heterocycles. The van der Waals surface area contributed by atoms with Gasteiger partial charge in [-0.3, -0.25) is 0 Å². The highest BCUT2D eigenvalue weighted by molar-refractivity contribution is 6.31. The number of methoxy groups -OCH3 is 2. The summed E-state index contributed by atoms with van der Waals surface area (Å²) in [6.45, 7) is 0. The molecule has 3 N–H and O–H groups in total. The molecular formula is C13H13ClFN3O3. The molecule has 2 rings (SSSR count). The predicted octanol–water partition coefficient (Wildman–Crippen LogP) is 1.95. The molecule has 6 nitrogen and oxygen atoms in total. The van der Waals surface area contributed by atoms with Crippen LogP contribution in [0.15, 0.2) is 18.2 Å². The van der Waals surface area contributed by atoms with Gasteiger partial charge in [0.2, 0.25) is 11.8 Å². The molecule has 0 bridgehead atoms. The van der Waals surface area contributed by atoms with Crippen molar-refractivity contribution in [2.75, 3.05) is 20.0 Å². The Balaban J connectivity index is 2.54. The maximum absolute atomic E-state index is 13.5. The van der Waals surface area contributed by atoms with E-state index < -0.39 is 11.9 Å². The first-order chi connectivity index (χ1) is 9.97. The number of aliphatic hydroxyl groups is 1. The topological polar surface area (TPSA) is 90.5 Å². The zero-order chi connectivity index (χ0) is 15.6. The number of rotatable bonds is 4. The quantitative estimate of drug-likeness (QED) is 0.838. The second kappa shape index (κ2) is 6.11. The molecule has 21 heavy (non-hydrogen) atoms. The van der Waals surface area contributed by atoms with E-state index in [1.54, 1.807) is 0 Å². The Morgan fingerprint density at radius 2 is 1.81 bits per heavy atom. The van der Waals surface area contributed by atoms with Crippen molar-refractivity contribution in [3.05, 3.63) is 40.4 Å². The molecule has 1 atom stereocenters. The van der Waals surface area contributed by atoms with E-state index in [0.29, 0.717) is 0 Å². The fraction of sp³-hybridized carbons (Fsp3) is 0.231. The lowest BCUT2D eigenvalue weighted by atomic mass is 10.1. The number of anilines is 1. The summed E-state index contributed by atoms with van der Waals surface area (Å²) in [5.41, 5.74) is 5.35. The fourth-order valence-corrected chi connectivity index (χ4v) is 2.01. The van der Waals surface area contributed by atoms with Gasteiger partial charge < -0.3 is 20.3 Å². The molecule has 8 heteroatoms. The second-order valence-electron chi connectivity index (χ2n) is 4.07. The number of hydrogen-bond acceptors (Lipinski definition) is 6. The Morgan fingerprint density at radius 3 is 2.33 bits per heavy atom. The van der Waals surface area contributed by atoms with E-state index in [9.17, 15) is 9.50 Å². The summed E-state index contributed by atoms with van der Waals surface area (Å²) >= 11 is 5.97. The van der Waals surface area contributed by atoms with E-state index in [2.05, 4.69) is 9.97 Å². The number of benzene rings is 1. The number of aromatic nitrogens is 2. The average Bonchev–Trinajstić information content (AvgIpc) is 2.50. The molecule has 1 heterocycles. The maximum Gasteiger partial charge on any atom is 0.220 e. The number of aliphatic hydroxyl groups excluding tert-OH is 1. The summed E-state index contributed by atoms with van der Waals surface area (Å²) < 4.78 is 23.5. The highest BCUT2D eigenvalue weighted by Crippen LogP contribution is 2.34.